The van der Waals surface area contributed by atoms with Crippen LogP contribution in [0.5, 0.6) is 0 Å². The van der Waals surface area contributed by atoms with Crippen LogP contribution < -0.4 is 0 Å². The summed E-state index contributed by atoms with van der Waals surface area (Å²) in [7, 11) is 0. The van der Waals surface area contributed by atoms with Gasteiger partial charge in [-0.3, -0.25) is 0 Å². The van der Waals surface area contributed by atoms with Gasteiger partial charge >= 0.3 is 0 Å². The quantitative estimate of drug-likeness (QED) is 0.231. The summed E-state index contributed by atoms with van der Waals surface area (Å²) in [5.41, 5.74) is 6.60. The summed E-state index contributed by atoms with van der Waals surface area (Å²) in [5.74, 6) is 13.4. The van der Waals surface area contributed by atoms with E-state index in [1.54, 1.807) is 0 Å². The molecule has 0 nitrogen and oxygen atoms in total. The molecule has 0 unspecified atom stereocenters. The third-order valence-corrected chi connectivity index (χ3v) is 6.57. The van der Waals surface area contributed by atoms with Gasteiger partial charge in [0, 0.05) is 42.4 Å². The first kappa shape index (κ1) is 19.2. The van der Waals surface area contributed by atoms with Gasteiger partial charge in [0.15, 0.2) is 0 Å². The van der Waals surface area contributed by atoms with Crippen molar-refractivity contribution in [3.8, 4) is 23.7 Å². The monoisotopic (exact) mass is 412 g/mol. The van der Waals surface area contributed by atoms with Gasteiger partial charge in [0.05, 0.1) is 0 Å². The van der Waals surface area contributed by atoms with Crippen LogP contribution in [-0.2, 0) is 0 Å². The van der Waals surface area contributed by atoms with Gasteiger partial charge in [-0.25, -0.2) is 0 Å². The Bertz CT molecular complexity index is 1530. The van der Waals surface area contributed by atoms with Crippen molar-refractivity contribution >= 4 is 31.5 Å². The Hall–Kier alpha value is -3.78. The van der Waals surface area contributed by atoms with E-state index in [9.17, 15) is 0 Å². The van der Waals surface area contributed by atoms with Crippen LogP contribution in [-0.4, -0.2) is 0 Å². The molecule has 5 aromatic rings. The lowest BCUT2D eigenvalue weighted by molar-refractivity contribution is 1.37. The van der Waals surface area contributed by atoms with E-state index >= 15 is 0 Å². The maximum atomic E-state index is 3.39. The number of hydrogen-bond acceptors (Lipinski definition) is 1. The second kappa shape index (κ2) is 8.16. The Labute approximate surface area is 187 Å². The second-order valence-electron chi connectivity index (χ2n) is 7.66. The zero-order chi connectivity index (χ0) is 21.2. The summed E-state index contributed by atoms with van der Waals surface area (Å²) in [6.45, 7) is 4.35. The predicted molar refractivity (Wildman–Crippen MR) is 134 cm³/mol. The first-order chi connectivity index (χ1) is 15.2. The molecular formula is C30H20S. The smallest absolute Gasteiger partial charge is 0.0420 e. The van der Waals surface area contributed by atoms with Gasteiger partial charge in [0.25, 0.3) is 0 Å². The van der Waals surface area contributed by atoms with Gasteiger partial charge in [-0.1, -0.05) is 60.1 Å². The molecule has 146 valence electrons. The Morgan fingerprint density at radius 1 is 0.516 bits per heavy atom. The molecule has 1 heteroatoms. The van der Waals surface area contributed by atoms with Crippen LogP contribution in [0.1, 0.15) is 33.4 Å². The molecule has 31 heavy (non-hydrogen) atoms. The van der Waals surface area contributed by atoms with Crippen LogP contribution in [0.25, 0.3) is 20.2 Å². The van der Waals surface area contributed by atoms with E-state index in [0.29, 0.717) is 0 Å². The van der Waals surface area contributed by atoms with E-state index < -0.39 is 0 Å². The Kier molecular flexibility index (Phi) is 5.05. The maximum absolute atomic E-state index is 3.39. The van der Waals surface area contributed by atoms with Gasteiger partial charge in [0.1, 0.15) is 0 Å². The van der Waals surface area contributed by atoms with Crippen molar-refractivity contribution in [2.45, 2.75) is 13.8 Å². The molecule has 0 fully saturated rings. The van der Waals surface area contributed by atoms with Crippen molar-refractivity contribution in [1.82, 2.24) is 0 Å². The molecule has 0 aliphatic heterocycles. The van der Waals surface area contributed by atoms with E-state index in [2.05, 4.69) is 61.8 Å². The van der Waals surface area contributed by atoms with Gasteiger partial charge in [-0.2, -0.15) is 0 Å². The molecule has 0 radical (unpaired) electrons. The highest BCUT2D eigenvalue weighted by molar-refractivity contribution is 7.25. The van der Waals surface area contributed by atoms with Gasteiger partial charge in [-0.05, 0) is 73.5 Å². The average Bonchev–Trinajstić information content (AvgIpc) is 3.13. The zero-order valence-electron chi connectivity index (χ0n) is 17.5. The zero-order valence-corrected chi connectivity index (χ0v) is 18.3. The van der Waals surface area contributed by atoms with Crippen LogP contribution in [0.2, 0.25) is 0 Å². The highest BCUT2D eigenvalue weighted by atomic mass is 32.1. The third kappa shape index (κ3) is 3.97. The summed E-state index contributed by atoms with van der Waals surface area (Å²) in [5, 5.41) is 2.55. The molecular weight excluding hydrogens is 392 g/mol. The summed E-state index contributed by atoms with van der Waals surface area (Å²) in [4.78, 5) is 0. The molecule has 0 amide bonds. The first-order valence-electron chi connectivity index (χ1n) is 10.3. The van der Waals surface area contributed by atoms with Crippen molar-refractivity contribution in [1.29, 1.82) is 0 Å². The fraction of sp³-hybridized carbons (Fsp3) is 0.0667. The average molecular weight is 413 g/mol. The van der Waals surface area contributed by atoms with Gasteiger partial charge in [0.2, 0.25) is 0 Å². The van der Waals surface area contributed by atoms with E-state index in [0.717, 1.165) is 22.3 Å². The van der Waals surface area contributed by atoms with E-state index in [1.807, 2.05) is 72.0 Å². The molecule has 0 spiro atoms. The molecule has 5 rings (SSSR count). The highest BCUT2D eigenvalue weighted by Gasteiger charge is 2.10. The summed E-state index contributed by atoms with van der Waals surface area (Å²) < 4.78 is 2.57. The predicted octanol–water partition coefficient (Wildman–Crippen LogP) is 7.47. The second-order valence-corrected chi connectivity index (χ2v) is 8.74. The van der Waals surface area contributed by atoms with Gasteiger partial charge < -0.3 is 0 Å². The molecule has 0 saturated heterocycles. The lowest BCUT2D eigenvalue weighted by Crippen LogP contribution is -1.85. The SMILES string of the molecule is Cc1cc2sc3cc(C#Cc4ccccc4)c(C#Cc4ccccc4)cc3c2cc1C. The fourth-order valence-electron chi connectivity index (χ4n) is 3.61. The minimum Gasteiger partial charge on any atom is -0.135 e. The standard InChI is InChI=1S/C30H20S/c1-21-17-27-28-19-25(15-13-23-9-5-3-6-10-23)26(16-14-24-11-7-4-8-12-24)20-30(28)31-29(27)18-22(21)2/h3-12,17-20H,1-2H3. The Morgan fingerprint density at radius 3 is 1.61 bits per heavy atom. The van der Waals surface area contributed by atoms with Crippen LogP contribution in [0, 0.1) is 37.5 Å². The van der Waals surface area contributed by atoms with E-state index in [4.69, 9.17) is 0 Å². The summed E-state index contributed by atoms with van der Waals surface area (Å²) >= 11 is 1.83. The van der Waals surface area contributed by atoms with Crippen LogP contribution in [0.15, 0.2) is 84.9 Å². The highest BCUT2D eigenvalue weighted by Crippen LogP contribution is 2.36. The van der Waals surface area contributed by atoms with Crippen molar-refractivity contribution in [3.05, 3.63) is 118 Å². The van der Waals surface area contributed by atoms with Crippen molar-refractivity contribution in [2.24, 2.45) is 0 Å². The van der Waals surface area contributed by atoms with Crippen LogP contribution in [0.4, 0.5) is 0 Å². The number of aryl methyl sites for hydroxylation is 2. The normalized spacial score (nSPS) is 10.4. The summed E-state index contributed by atoms with van der Waals surface area (Å²) in [6, 6.07) is 29.2. The molecule has 0 atom stereocenters. The first-order valence-corrected chi connectivity index (χ1v) is 11.1. The van der Waals surface area contributed by atoms with Crippen molar-refractivity contribution in [3.63, 3.8) is 0 Å². The maximum Gasteiger partial charge on any atom is 0.0420 e. The molecule has 4 aromatic carbocycles. The van der Waals surface area contributed by atoms with Crippen molar-refractivity contribution < 1.29 is 0 Å². The lowest BCUT2D eigenvalue weighted by Gasteiger charge is -2.01. The topological polar surface area (TPSA) is 0 Å². The largest absolute Gasteiger partial charge is 0.135 e. The number of hydrogen-bond donors (Lipinski definition) is 0. The molecule has 1 heterocycles. The Morgan fingerprint density at radius 2 is 1.00 bits per heavy atom. The molecule has 0 aliphatic carbocycles. The summed E-state index contributed by atoms with van der Waals surface area (Å²) in [6.07, 6.45) is 0. The number of thiophene rings is 1. The molecule has 0 aliphatic rings. The number of fused-ring (bicyclic) bond motifs is 3. The molecule has 0 bridgehead atoms. The molecule has 0 saturated carbocycles. The molecule has 0 N–H and O–H groups in total. The Balaban J connectivity index is 1.72. The lowest BCUT2D eigenvalue weighted by atomic mass is 10.0. The third-order valence-electron chi connectivity index (χ3n) is 5.46. The molecule has 1 aromatic heterocycles. The number of benzene rings is 4. The number of rotatable bonds is 0. The van der Waals surface area contributed by atoms with E-state index in [-0.39, 0.29) is 0 Å². The van der Waals surface area contributed by atoms with Crippen LogP contribution in [0.3, 0.4) is 0 Å². The fourth-order valence-corrected chi connectivity index (χ4v) is 4.81. The minimum atomic E-state index is 0.970. The van der Waals surface area contributed by atoms with Gasteiger partial charge in [-0.15, -0.1) is 11.3 Å². The van der Waals surface area contributed by atoms with Crippen molar-refractivity contribution in [2.75, 3.05) is 0 Å². The van der Waals surface area contributed by atoms with Crippen LogP contribution >= 0.6 is 11.3 Å². The van der Waals surface area contributed by atoms with E-state index in [1.165, 1.54) is 31.3 Å². The minimum absolute atomic E-state index is 0.970.